The van der Waals surface area contributed by atoms with E-state index in [-0.39, 0.29) is 12.2 Å². The third-order valence-corrected chi connectivity index (χ3v) is 3.27. The van der Waals surface area contributed by atoms with E-state index >= 15 is 0 Å². The van der Waals surface area contributed by atoms with Crippen LogP contribution in [0.5, 0.6) is 0 Å². The summed E-state index contributed by atoms with van der Waals surface area (Å²) in [5.41, 5.74) is -0.758. The second-order valence-electron chi connectivity index (χ2n) is 4.59. The van der Waals surface area contributed by atoms with Crippen molar-refractivity contribution >= 4 is 5.97 Å². The molecule has 1 aliphatic heterocycles. The number of ether oxygens (including phenoxy) is 1. The summed E-state index contributed by atoms with van der Waals surface area (Å²) in [5, 5.41) is 9.27. The van der Waals surface area contributed by atoms with Gasteiger partial charge in [0.05, 0.1) is 12.2 Å². The van der Waals surface area contributed by atoms with Crippen LogP contribution in [0, 0.1) is 0 Å². The summed E-state index contributed by atoms with van der Waals surface area (Å²) in [5.74, 6) is -0.744. The van der Waals surface area contributed by atoms with Crippen LogP contribution in [0.1, 0.15) is 34.1 Å². The van der Waals surface area contributed by atoms with Crippen LogP contribution in [0.25, 0.3) is 0 Å². The predicted octanol–water partition coefficient (Wildman–Crippen LogP) is 1.35. The van der Waals surface area contributed by atoms with Crippen molar-refractivity contribution in [3.8, 4) is 0 Å². The monoisotopic (exact) mass is 215 g/mol. The number of hydrogen-bond acceptors (Lipinski definition) is 3. The molecule has 3 atom stereocenters. The van der Waals surface area contributed by atoms with Gasteiger partial charge >= 0.3 is 5.97 Å². The molecular weight excluding hydrogens is 194 g/mol. The molecule has 0 aromatic rings. The average Bonchev–Trinajstić information content (AvgIpc) is 2.14. The van der Waals surface area contributed by atoms with Crippen molar-refractivity contribution in [3.05, 3.63) is 0 Å². The van der Waals surface area contributed by atoms with Gasteiger partial charge in [-0.1, -0.05) is 6.92 Å². The maximum Gasteiger partial charge on any atom is 0.323 e. The molecule has 1 heterocycles. The Hall–Kier alpha value is -0.610. The molecule has 1 aliphatic rings. The molecule has 0 aromatic heterocycles. The highest BCUT2D eigenvalue weighted by Crippen LogP contribution is 2.24. The van der Waals surface area contributed by atoms with E-state index < -0.39 is 11.5 Å². The standard InChI is InChI=1S/C11H21NO3/c1-5-11(4,10(13)14)12-6-8(2)15-9(3)7-12/h8-9H,5-7H2,1-4H3,(H,13,14)/t8-,9+,11-/m1/s1. The minimum Gasteiger partial charge on any atom is -0.480 e. The Morgan fingerprint density at radius 1 is 1.47 bits per heavy atom. The molecule has 1 fully saturated rings. The lowest BCUT2D eigenvalue weighted by Gasteiger charge is -2.44. The van der Waals surface area contributed by atoms with E-state index in [1.807, 2.05) is 25.7 Å². The molecule has 0 bridgehead atoms. The highest BCUT2D eigenvalue weighted by Gasteiger charge is 2.41. The Morgan fingerprint density at radius 2 is 1.93 bits per heavy atom. The van der Waals surface area contributed by atoms with E-state index in [2.05, 4.69) is 0 Å². The normalized spacial score (nSPS) is 32.3. The van der Waals surface area contributed by atoms with E-state index in [9.17, 15) is 9.90 Å². The Kier molecular flexibility index (Phi) is 3.73. The lowest BCUT2D eigenvalue weighted by atomic mass is 9.95. The van der Waals surface area contributed by atoms with Crippen molar-refractivity contribution in [2.75, 3.05) is 13.1 Å². The fraction of sp³-hybridized carbons (Fsp3) is 0.909. The van der Waals surface area contributed by atoms with Crippen LogP contribution in [0.2, 0.25) is 0 Å². The van der Waals surface area contributed by atoms with Crippen LogP contribution in [0.3, 0.4) is 0 Å². The number of rotatable bonds is 3. The van der Waals surface area contributed by atoms with Crippen LogP contribution in [0.15, 0.2) is 0 Å². The number of hydrogen-bond donors (Lipinski definition) is 1. The van der Waals surface area contributed by atoms with Gasteiger partial charge < -0.3 is 9.84 Å². The van der Waals surface area contributed by atoms with Gasteiger partial charge in [0.15, 0.2) is 0 Å². The number of carboxylic acid groups (broad SMARTS) is 1. The lowest BCUT2D eigenvalue weighted by Crippen LogP contribution is -2.59. The second-order valence-corrected chi connectivity index (χ2v) is 4.59. The highest BCUT2D eigenvalue weighted by atomic mass is 16.5. The zero-order chi connectivity index (χ0) is 11.6. The van der Waals surface area contributed by atoms with Crippen LogP contribution < -0.4 is 0 Å². The molecule has 1 N–H and O–H groups in total. The summed E-state index contributed by atoms with van der Waals surface area (Å²) >= 11 is 0. The Labute approximate surface area is 91.2 Å². The first-order chi connectivity index (χ1) is 6.90. The number of nitrogens with zero attached hydrogens (tertiary/aromatic N) is 1. The summed E-state index contributed by atoms with van der Waals surface area (Å²) in [4.78, 5) is 13.3. The molecule has 15 heavy (non-hydrogen) atoms. The van der Waals surface area contributed by atoms with Gasteiger partial charge in [-0.05, 0) is 27.2 Å². The molecule has 0 aliphatic carbocycles. The van der Waals surface area contributed by atoms with Gasteiger partial charge in [0.2, 0.25) is 0 Å². The molecule has 0 unspecified atom stereocenters. The fourth-order valence-corrected chi connectivity index (χ4v) is 2.09. The quantitative estimate of drug-likeness (QED) is 0.772. The minimum absolute atomic E-state index is 0.110. The van der Waals surface area contributed by atoms with Crippen LogP contribution in [-0.4, -0.2) is 46.8 Å². The fourth-order valence-electron chi connectivity index (χ4n) is 2.09. The molecule has 4 heteroatoms. The summed E-state index contributed by atoms with van der Waals surface area (Å²) in [6, 6.07) is 0. The topological polar surface area (TPSA) is 49.8 Å². The first kappa shape index (κ1) is 12.5. The number of carbonyl (C=O) groups is 1. The van der Waals surface area contributed by atoms with Crippen LogP contribution >= 0.6 is 0 Å². The van der Waals surface area contributed by atoms with Gasteiger partial charge in [0.25, 0.3) is 0 Å². The maximum atomic E-state index is 11.3. The van der Waals surface area contributed by atoms with Crippen molar-refractivity contribution in [2.24, 2.45) is 0 Å². The summed E-state index contributed by atoms with van der Waals surface area (Å²) in [6.45, 7) is 9.07. The van der Waals surface area contributed by atoms with E-state index in [0.29, 0.717) is 19.5 Å². The SMILES string of the molecule is CC[C@](C)(C(=O)O)N1C[C@@H](C)O[C@@H](C)C1. The molecule has 0 saturated carbocycles. The van der Waals surface area contributed by atoms with E-state index in [1.54, 1.807) is 6.92 Å². The van der Waals surface area contributed by atoms with Gasteiger partial charge in [-0.3, -0.25) is 9.69 Å². The maximum absolute atomic E-state index is 11.3. The van der Waals surface area contributed by atoms with Gasteiger partial charge in [0, 0.05) is 13.1 Å². The third-order valence-electron chi connectivity index (χ3n) is 3.27. The predicted molar refractivity (Wildman–Crippen MR) is 57.9 cm³/mol. The largest absolute Gasteiger partial charge is 0.480 e. The average molecular weight is 215 g/mol. The number of carboxylic acids is 1. The Bertz CT molecular complexity index is 234. The molecule has 4 nitrogen and oxygen atoms in total. The third kappa shape index (κ3) is 2.49. The second kappa shape index (κ2) is 4.49. The smallest absolute Gasteiger partial charge is 0.323 e. The van der Waals surface area contributed by atoms with Crippen molar-refractivity contribution in [2.45, 2.75) is 51.9 Å². The molecule has 0 radical (unpaired) electrons. The summed E-state index contributed by atoms with van der Waals surface area (Å²) < 4.78 is 5.60. The zero-order valence-corrected chi connectivity index (χ0v) is 9.99. The summed E-state index contributed by atoms with van der Waals surface area (Å²) in [6.07, 6.45) is 0.833. The molecule has 1 rings (SSSR count). The number of aliphatic carboxylic acids is 1. The van der Waals surface area contributed by atoms with Crippen molar-refractivity contribution in [1.29, 1.82) is 0 Å². The van der Waals surface area contributed by atoms with Crippen LogP contribution in [-0.2, 0) is 9.53 Å². The van der Waals surface area contributed by atoms with E-state index in [4.69, 9.17) is 4.74 Å². The number of morpholine rings is 1. The van der Waals surface area contributed by atoms with E-state index in [0.717, 1.165) is 0 Å². The van der Waals surface area contributed by atoms with Gasteiger partial charge in [-0.15, -0.1) is 0 Å². The van der Waals surface area contributed by atoms with Gasteiger partial charge in [-0.25, -0.2) is 0 Å². The van der Waals surface area contributed by atoms with E-state index in [1.165, 1.54) is 0 Å². The zero-order valence-electron chi connectivity index (χ0n) is 9.99. The molecule has 0 spiro atoms. The Balaban J connectivity index is 2.80. The molecule has 88 valence electrons. The molecule has 0 amide bonds. The van der Waals surface area contributed by atoms with Crippen molar-refractivity contribution in [1.82, 2.24) is 4.90 Å². The lowest BCUT2D eigenvalue weighted by molar-refractivity contribution is -0.160. The van der Waals surface area contributed by atoms with Gasteiger partial charge in [-0.2, -0.15) is 0 Å². The van der Waals surface area contributed by atoms with Crippen LogP contribution in [0.4, 0.5) is 0 Å². The molecule has 1 saturated heterocycles. The summed E-state index contributed by atoms with van der Waals surface area (Å²) in [7, 11) is 0. The Morgan fingerprint density at radius 3 is 2.27 bits per heavy atom. The molecular formula is C11H21NO3. The van der Waals surface area contributed by atoms with Crippen molar-refractivity contribution in [3.63, 3.8) is 0 Å². The highest BCUT2D eigenvalue weighted by molar-refractivity contribution is 5.78. The van der Waals surface area contributed by atoms with Crippen molar-refractivity contribution < 1.29 is 14.6 Å². The first-order valence-corrected chi connectivity index (χ1v) is 5.54. The first-order valence-electron chi connectivity index (χ1n) is 5.54. The molecule has 0 aromatic carbocycles. The van der Waals surface area contributed by atoms with Gasteiger partial charge in [0.1, 0.15) is 5.54 Å². The minimum atomic E-state index is -0.758.